The Hall–Kier alpha value is -2.61. The van der Waals surface area contributed by atoms with Crippen LogP contribution in [0, 0.1) is 0 Å². The highest BCUT2D eigenvalue weighted by molar-refractivity contribution is 7.15. The van der Waals surface area contributed by atoms with Crippen LogP contribution in [0.4, 0.5) is 0 Å². The molecule has 118 valence electrons. The zero-order valence-corrected chi connectivity index (χ0v) is 13.1. The number of carbonyl (C=O) groups excluding carboxylic acids is 2. The SMILES string of the molecule is O=C(CCC(=O)c1cccnc1)NCCc1csc2ncnn12. The minimum Gasteiger partial charge on any atom is -0.356 e. The number of nitrogens with one attached hydrogen (secondary N) is 1. The third-order valence-electron chi connectivity index (χ3n) is 3.35. The van der Waals surface area contributed by atoms with E-state index in [-0.39, 0.29) is 24.5 Å². The molecule has 0 aliphatic rings. The van der Waals surface area contributed by atoms with Crippen molar-refractivity contribution in [3.63, 3.8) is 0 Å². The summed E-state index contributed by atoms with van der Waals surface area (Å²) >= 11 is 1.52. The molecular weight excluding hydrogens is 314 g/mol. The number of fused-ring (bicyclic) bond motifs is 1. The zero-order valence-electron chi connectivity index (χ0n) is 12.3. The number of amides is 1. The average molecular weight is 329 g/mol. The second kappa shape index (κ2) is 7.10. The molecule has 0 fully saturated rings. The molecule has 1 amide bonds. The van der Waals surface area contributed by atoms with Crippen LogP contribution in [0.3, 0.4) is 0 Å². The predicted octanol–water partition coefficient (Wildman–Crippen LogP) is 1.51. The Morgan fingerprint density at radius 1 is 1.30 bits per heavy atom. The molecular formula is C15H15N5O2S. The molecule has 3 rings (SSSR count). The maximum Gasteiger partial charge on any atom is 0.220 e. The number of Topliss-reactive ketones (excluding diaryl/α,β-unsaturated/α-hetero) is 1. The van der Waals surface area contributed by atoms with Crippen LogP contribution >= 0.6 is 11.3 Å². The number of aromatic nitrogens is 4. The van der Waals surface area contributed by atoms with Gasteiger partial charge in [-0.3, -0.25) is 14.6 Å². The van der Waals surface area contributed by atoms with E-state index in [4.69, 9.17) is 0 Å². The van der Waals surface area contributed by atoms with Crippen LogP contribution in [0.5, 0.6) is 0 Å². The van der Waals surface area contributed by atoms with E-state index >= 15 is 0 Å². The molecule has 3 aromatic rings. The summed E-state index contributed by atoms with van der Waals surface area (Å²) in [6.07, 6.45) is 5.67. The van der Waals surface area contributed by atoms with Gasteiger partial charge >= 0.3 is 0 Å². The molecule has 8 heteroatoms. The van der Waals surface area contributed by atoms with Gasteiger partial charge in [-0.2, -0.15) is 5.10 Å². The Kier molecular flexibility index (Phi) is 4.72. The highest BCUT2D eigenvalue weighted by atomic mass is 32.1. The highest BCUT2D eigenvalue weighted by Gasteiger charge is 2.10. The molecule has 0 atom stereocenters. The molecule has 3 aromatic heterocycles. The molecule has 0 radical (unpaired) electrons. The van der Waals surface area contributed by atoms with Gasteiger partial charge in [-0.15, -0.1) is 11.3 Å². The molecule has 7 nitrogen and oxygen atoms in total. The quantitative estimate of drug-likeness (QED) is 0.664. The number of hydrogen-bond acceptors (Lipinski definition) is 6. The third kappa shape index (κ3) is 3.78. The first kappa shape index (κ1) is 15.3. The topological polar surface area (TPSA) is 89.2 Å². The van der Waals surface area contributed by atoms with E-state index in [1.54, 1.807) is 22.8 Å². The molecule has 1 N–H and O–H groups in total. The number of rotatable bonds is 7. The number of carbonyl (C=O) groups is 2. The summed E-state index contributed by atoms with van der Waals surface area (Å²) in [4.78, 5) is 32.5. The van der Waals surface area contributed by atoms with Crippen LogP contribution in [0.2, 0.25) is 0 Å². The lowest BCUT2D eigenvalue weighted by Gasteiger charge is -2.04. The lowest BCUT2D eigenvalue weighted by Crippen LogP contribution is -2.26. The summed E-state index contributed by atoms with van der Waals surface area (Å²) in [6, 6.07) is 3.41. The monoisotopic (exact) mass is 329 g/mol. The molecule has 0 aliphatic carbocycles. The van der Waals surface area contributed by atoms with E-state index in [0.29, 0.717) is 18.5 Å². The second-order valence-corrected chi connectivity index (χ2v) is 5.78. The van der Waals surface area contributed by atoms with Gasteiger partial charge in [-0.1, -0.05) is 0 Å². The van der Waals surface area contributed by atoms with E-state index in [1.165, 1.54) is 23.9 Å². The summed E-state index contributed by atoms with van der Waals surface area (Å²) in [5.74, 6) is -0.206. The smallest absolute Gasteiger partial charge is 0.220 e. The van der Waals surface area contributed by atoms with Gasteiger partial charge in [0.25, 0.3) is 0 Å². The Morgan fingerprint density at radius 2 is 2.22 bits per heavy atom. The minimum atomic E-state index is -0.132. The van der Waals surface area contributed by atoms with E-state index < -0.39 is 0 Å². The molecule has 0 bridgehead atoms. The van der Waals surface area contributed by atoms with Crippen LogP contribution in [0.1, 0.15) is 28.9 Å². The maximum atomic E-state index is 11.9. The van der Waals surface area contributed by atoms with Crippen LogP contribution in [-0.4, -0.2) is 37.8 Å². The number of pyridine rings is 1. The summed E-state index contributed by atoms with van der Waals surface area (Å²) in [6.45, 7) is 0.506. The average Bonchev–Trinajstić information content (AvgIpc) is 3.18. The van der Waals surface area contributed by atoms with Crippen molar-refractivity contribution >= 4 is 28.0 Å². The van der Waals surface area contributed by atoms with Crippen LogP contribution in [0.25, 0.3) is 4.96 Å². The fourth-order valence-corrected chi connectivity index (χ4v) is 2.99. The summed E-state index contributed by atoms with van der Waals surface area (Å²) in [5, 5.41) is 8.92. The van der Waals surface area contributed by atoms with Crippen LogP contribution < -0.4 is 5.32 Å². The van der Waals surface area contributed by atoms with Crippen molar-refractivity contribution < 1.29 is 9.59 Å². The first-order valence-corrected chi connectivity index (χ1v) is 8.08. The third-order valence-corrected chi connectivity index (χ3v) is 4.23. The number of ketones is 1. The lowest BCUT2D eigenvalue weighted by atomic mass is 10.1. The van der Waals surface area contributed by atoms with Gasteiger partial charge in [-0.25, -0.2) is 9.50 Å². The second-order valence-electron chi connectivity index (χ2n) is 4.95. The van der Waals surface area contributed by atoms with Crippen molar-refractivity contribution in [1.29, 1.82) is 0 Å². The van der Waals surface area contributed by atoms with Crippen molar-refractivity contribution in [2.45, 2.75) is 19.3 Å². The molecule has 0 spiro atoms. The molecule has 0 aliphatic heterocycles. The Bertz CT molecular complexity index is 812. The van der Waals surface area contributed by atoms with E-state index in [9.17, 15) is 9.59 Å². The van der Waals surface area contributed by atoms with Crippen LogP contribution in [0.15, 0.2) is 36.2 Å². The fourth-order valence-electron chi connectivity index (χ4n) is 2.16. The Labute approximate surface area is 136 Å². The Morgan fingerprint density at radius 3 is 3.04 bits per heavy atom. The van der Waals surface area contributed by atoms with E-state index in [0.717, 1.165) is 10.7 Å². The standard InChI is InChI=1S/C15H15N5O2S/c21-13(11-2-1-6-16-8-11)3-4-14(22)17-7-5-12-9-23-15-18-10-19-20(12)15/h1-2,6,8-10H,3-5,7H2,(H,17,22). The Balaban J connectivity index is 1.42. The van der Waals surface area contributed by atoms with Crippen molar-refractivity contribution in [2.75, 3.05) is 6.54 Å². The van der Waals surface area contributed by atoms with Crippen molar-refractivity contribution in [3.8, 4) is 0 Å². The summed E-state index contributed by atoms with van der Waals surface area (Å²) in [5.41, 5.74) is 1.54. The van der Waals surface area contributed by atoms with Gasteiger partial charge in [0.15, 0.2) is 5.78 Å². The molecule has 3 heterocycles. The molecule has 0 saturated heterocycles. The van der Waals surface area contributed by atoms with E-state index in [1.807, 2.05) is 5.38 Å². The van der Waals surface area contributed by atoms with Crippen molar-refractivity contribution in [2.24, 2.45) is 0 Å². The molecule has 23 heavy (non-hydrogen) atoms. The maximum absolute atomic E-state index is 11.9. The van der Waals surface area contributed by atoms with Gasteiger partial charge in [0.1, 0.15) is 6.33 Å². The minimum absolute atomic E-state index is 0.0737. The summed E-state index contributed by atoms with van der Waals surface area (Å²) in [7, 11) is 0. The first-order valence-electron chi connectivity index (χ1n) is 7.20. The molecule has 0 aromatic carbocycles. The largest absolute Gasteiger partial charge is 0.356 e. The first-order chi connectivity index (χ1) is 11.2. The fraction of sp³-hybridized carbons (Fsp3) is 0.267. The lowest BCUT2D eigenvalue weighted by molar-refractivity contribution is -0.121. The summed E-state index contributed by atoms with van der Waals surface area (Å²) < 4.78 is 1.77. The van der Waals surface area contributed by atoms with Gasteiger partial charge in [-0.05, 0) is 12.1 Å². The van der Waals surface area contributed by atoms with Gasteiger partial charge < -0.3 is 5.32 Å². The molecule has 0 unspecified atom stereocenters. The van der Waals surface area contributed by atoms with Gasteiger partial charge in [0, 0.05) is 49.1 Å². The number of thiazole rings is 1. The van der Waals surface area contributed by atoms with Crippen molar-refractivity contribution in [1.82, 2.24) is 24.9 Å². The van der Waals surface area contributed by atoms with Crippen LogP contribution in [-0.2, 0) is 11.2 Å². The van der Waals surface area contributed by atoms with Crippen molar-refractivity contribution in [3.05, 3.63) is 47.5 Å². The normalized spacial score (nSPS) is 10.8. The van der Waals surface area contributed by atoms with Gasteiger partial charge in [0.2, 0.25) is 10.9 Å². The predicted molar refractivity (Wildman–Crippen MR) is 85.4 cm³/mol. The highest BCUT2D eigenvalue weighted by Crippen LogP contribution is 2.12. The zero-order chi connectivity index (χ0) is 16.1. The van der Waals surface area contributed by atoms with Gasteiger partial charge in [0.05, 0.1) is 5.69 Å². The molecule has 0 saturated carbocycles. The van der Waals surface area contributed by atoms with E-state index in [2.05, 4.69) is 20.4 Å². The number of hydrogen-bond donors (Lipinski definition) is 1. The number of nitrogens with zero attached hydrogens (tertiary/aromatic N) is 4.